The highest BCUT2D eigenvalue weighted by atomic mass is 32.2. The molecule has 1 atom stereocenters. The zero-order chi connectivity index (χ0) is 21.3. The molecule has 1 N–H and O–H groups in total. The maximum Gasteiger partial charge on any atom is 0.241 e. The van der Waals surface area contributed by atoms with Crippen molar-refractivity contribution in [1.82, 2.24) is 20.4 Å². The maximum atomic E-state index is 12.6. The number of carbonyl (C=O) groups excluding carboxylic acids is 1. The zero-order valence-corrected chi connectivity index (χ0v) is 18.4. The molecule has 3 aromatic rings. The fraction of sp³-hybridized carbons (Fsp3) is 0.435. The monoisotopic (exact) mass is 440 g/mol. The summed E-state index contributed by atoms with van der Waals surface area (Å²) in [5, 5.41) is 7.19. The Morgan fingerprint density at radius 2 is 2.13 bits per heavy atom. The summed E-state index contributed by atoms with van der Waals surface area (Å²) in [7, 11) is 0. The van der Waals surface area contributed by atoms with E-state index in [1.807, 2.05) is 54.2 Å². The van der Waals surface area contributed by atoms with Crippen LogP contribution in [0.5, 0.6) is 0 Å². The first-order chi connectivity index (χ1) is 15.3. The summed E-state index contributed by atoms with van der Waals surface area (Å²) in [6.07, 6.45) is 4.58. The van der Waals surface area contributed by atoms with Crippen LogP contribution in [-0.2, 0) is 17.1 Å². The number of hydrogen-bond donors (Lipinski definition) is 1. The number of thioether (sulfide) groups is 1. The van der Waals surface area contributed by atoms with E-state index in [0.29, 0.717) is 24.8 Å². The standard InChI is InChI=1S/C23H28N4O3S/c28-23(24-11-6-14-31-17-20-10-5-13-29-20)19-9-4-12-27(15-19)16-21-25-22(26-30-21)18-7-2-1-3-8-18/h1-3,5,7-8,10,13,19H,4,6,9,11-12,14-17H2,(H,24,28). The third kappa shape index (κ3) is 6.45. The molecular formula is C23H28N4O3S. The second-order valence-electron chi connectivity index (χ2n) is 7.73. The highest BCUT2D eigenvalue weighted by Gasteiger charge is 2.26. The van der Waals surface area contributed by atoms with Crippen molar-refractivity contribution in [2.75, 3.05) is 25.4 Å². The molecule has 164 valence electrons. The number of furan rings is 1. The van der Waals surface area contributed by atoms with E-state index in [2.05, 4.69) is 20.4 Å². The molecule has 2 aromatic heterocycles. The molecule has 7 nitrogen and oxygen atoms in total. The van der Waals surface area contributed by atoms with Gasteiger partial charge in [-0.1, -0.05) is 35.5 Å². The molecule has 1 aromatic carbocycles. The van der Waals surface area contributed by atoms with Crippen LogP contribution < -0.4 is 5.32 Å². The molecule has 1 amide bonds. The molecule has 8 heteroatoms. The van der Waals surface area contributed by atoms with Crippen LogP contribution in [0.1, 0.15) is 30.9 Å². The number of aromatic nitrogens is 2. The molecule has 0 saturated carbocycles. The molecule has 1 aliphatic rings. The van der Waals surface area contributed by atoms with Crippen LogP contribution in [0.4, 0.5) is 0 Å². The summed E-state index contributed by atoms with van der Waals surface area (Å²) in [6, 6.07) is 13.7. The van der Waals surface area contributed by atoms with Crippen molar-refractivity contribution in [3.8, 4) is 11.4 Å². The summed E-state index contributed by atoms with van der Waals surface area (Å²) >= 11 is 1.82. The van der Waals surface area contributed by atoms with Crippen molar-refractivity contribution in [3.05, 3.63) is 60.4 Å². The van der Waals surface area contributed by atoms with Crippen molar-refractivity contribution in [1.29, 1.82) is 0 Å². The fourth-order valence-corrected chi connectivity index (χ4v) is 4.58. The lowest BCUT2D eigenvalue weighted by Crippen LogP contribution is -2.43. The van der Waals surface area contributed by atoms with Gasteiger partial charge in [-0.2, -0.15) is 16.7 Å². The second-order valence-corrected chi connectivity index (χ2v) is 8.83. The number of benzene rings is 1. The summed E-state index contributed by atoms with van der Waals surface area (Å²) in [5.41, 5.74) is 0.940. The van der Waals surface area contributed by atoms with E-state index in [1.54, 1.807) is 6.26 Å². The molecule has 0 bridgehead atoms. The van der Waals surface area contributed by atoms with Crippen molar-refractivity contribution in [2.45, 2.75) is 31.6 Å². The first-order valence-corrected chi connectivity index (χ1v) is 11.9. The molecule has 1 saturated heterocycles. The average molecular weight is 441 g/mol. The lowest BCUT2D eigenvalue weighted by atomic mass is 9.97. The van der Waals surface area contributed by atoms with Gasteiger partial charge in [-0.15, -0.1) is 0 Å². The van der Waals surface area contributed by atoms with Crippen LogP contribution in [0.15, 0.2) is 57.7 Å². The van der Waals surface area contributed by atoms with Crippen molar-refractivity contribution < 1.29 is 13.7 Å². The summed E-state index contributed by atoms with van der Waals surface area (Å²) < 4.78 is 10.8. The van der Waals surface area contributed by atoms with Crippen LogP contribution >= 0.6 is 11.8 Å². The Labute approximate surface area is 186 Å². The Balaban J connectivity index is 1.17. The molecule has 0 radical (unpaired) electrons. The molecule has 1 unspecified atom stereocenters. The molecule has 1 fully saturated rings. The van der Waals surface area contributed by atoms with E-state index in [4.69, 9.17) is 8.94 Å². The largest absolute Gasteiger partial charge is 0.468 e. The minimum absolute atomic E-state index is 0.0148. The molecule has 0 spiro atoms. The van der Waals surface area contributed by atoms with Crippen molar-refractivity contribution >= 4 is 17.7 Å². The number of rotatable bonds is 10. The minimum Gasteiger partial charge on any atom is -0.468 e. The van der Waals surface area contributed by atoms with E-state index in [-0.39, 0.29) is 11.8 Å². The first-order valence-electron chi connectivity index (χ1n) is 10.8. The lowest BCUT2D eigenvalue weighted by molar-refractivity contribution is -0.126. The van der Waals surface area contributed by atoms with Crippen molar-refractivity contribution in [3.63, 3.8) is 0 Å². The normalized spacial score (nSPS) is 17.0. The number of hydrogen-bond acceptors (Lipinski definition) is 7. The predicted molar refractivity (Wildman–Crippen MR) is 120 cm³/mol. The van der Waals surface area contributed by atoms with Gasteiger partial charge in [-0.25, -0.2) is 0 Å². The number of piperidine rings is 1. The van der Waals surface area contributed by atoms with E-state index < -0.39 is 0 Å². The van der Waals surface area contributed by atoms with Gasteiger partial charge < -0.3 is 14.3 Å². The van der Waals surface area contributed by atoms with Gasteiger partial charge in [0.1, 0.15) is 5.76 Å². The van der Waals surface area contributed by atoms with Gasteiger partial charge in [0.2, 0.25) is 17.6 Å². The lowest BCUT2D eigenvalue weighted by Gasteiger charge is -2.30. The topological polar surface area (TPSA) is 84.4 Å². The van der Waals surface area contributed by atoms with Crippen LogP contribution in [-0.4, -0.2) is 46.3 Å². The summed E-state index contributed by atoms with van der Waals surface area (Å²) in [5.74, 6) is 4.23. The number of amides is 1. The molecule has 31 heavy (non-hydrogen) atoms. The predicted octanol–water partition coefficient (Wildman–Crippen LogP) is 3.98. The SMILES string of the molecule is O=C(NCCCSCc1ccco1)C1CCCN(Cc2nc(-c3ccccc3)no2)C1. The Morgan fingerprint density at radius 1 is 1.23 bits per heavy atom. The molecular weight excluding hydrogens is 412 g/mol. The van der Waals surface area contributed by atoms with E-state index >= 15 is 0 Å². The molecule has 3 heterocycles. The van der Waals surface area contributed by atoms with Gasteiger partial charge in [-0.3, -0.25) is 9.69 Å². The number of nitrogens with zero attached hydrogens (tertiary/aromatic N) is 3. The highest BCUT2D eigenvalue weighted by molar-refractivity contribution is 7.98. The zero-order valence-electron chi connectivity index (χ0n) is 17.5. The van der Waals surface area contributed by atoms with Gasteiger partial charge in [0.05, 0.1) is 24.5 Å². The van der Waals surface area contributed by atoms with Crippen LogP contribution in [0.3, 0.4) is 0 Å². The second kappa shape index (κ2) is 11.2. The number of carbonyl (C=O) groups is 1. The van der Waals surface area contributed by atoms with Gasteiger partial charge in [-0.05, 0) is 43.7 Å². The van der Waals surface area contributed by atoms with E-state index in [0.717, 1.165) is 55.2 Å². The minimum atomic E-state index is 0.0148. The van der Waals surface area contributed by atoms with E-state index in [1.165, 1.54) is 0 Å². The highest BCUT2D eigenvalue weighted by Crippen LogP contribution is 2.20. The quantitative estimate of drug-likeness (QED) is 0.477. The van der Waals surface area contributed by atoms with Gasteiger partial charge in [0.15, 0.2) is 0 Å². The Morgan fingerprint density at radius 3 is 2.97 bits per heavy atom. The van der Waals surface area contributed by atoms with Crippen LogP contribution in [0.25, 0.3) is 11.4 Å². The summed E-state index contributed by atoms with van der Waals surface area (Å²) in [4.78, 5) is 19.3. The van der Waals surface area contributed by atoms with Crippen LogP contribution in [0.2, 0.25) is 0 Å². The molecule has 1 aliphatic heterocycles. The maximum absolute atomic E-state index is 12.6. The van der Waals surface area contributed by atoms with Gasteiger partial charge >= 0.3 is 0 Å². The first kappa shape index (κ1) is 21.6. The van der Waals surface area contributed by atoms with E-state index in [9.17, 15) is 4.79 Å². The Bertz CT molecular complexity index is 929. The van der Waals surface area contributed by atoms with Crippen LogP contribution in [0, 0.1) is 5.92 Å². The smallest absolute Gasteiger partial charge is 0.241 e. The average Bonchev–Trinajstić information content (AvgIpc) is 3.49. The van der Waals surface area contributed by atoms with Gasteiger partial charge in [0, 0.05) is 18.7 Å². The molecule has 0 aliphatic carbocycles. The fourth-order valence-electron chi connectivity index (χ4n) is 3.73. The number of likely N-dealkylation sites (tertiary alicyclic amines) is 1. The third-order valence-electron chi connectivity index (χ3n) is 5.32. The summed E-state index contributed by atoms with van der Waals surface area (Å²) in [6.45, 7) is 2.95. The van der Waals surface area contributed by atoms with Gasteiger partial charge in [0.25, 0.3) is 0 Å². The third-order valence-corrected chi connectivity index (χ3v) is 6.39. The Hall–Kier alpha value is -2.58. The van der Waals surface area contributed by atoms with Crippen molar-refractivity contribution in [2.24, 2.45) is 5.92 Å². The number of nitrogens with one attached hydrogen (secondary N) is 1. The molecule has 4 rings (SSSR count). The Kier molecular flexibility index (Phi) is 7.79.